The Morgan fingerprint density at radius 3 is 2.71 bits per heavy atom. The molecule has 0 bridgehead atoms. The number of carbonyl (C=O) groups excluding carboxylic acids is 1. The second-order valence-corrected chi connectivity index (χ2v) is 5.75. The second kappa shape index (κ2) is 3.88. The lowest BCUT2D eigenvalue weighted by molar-refractivity contribution is 0.00783. The van der Waals surface area contributed by atoms with Gasteiger partial charge in [-0.1, -0.05) is 0 Å². The van der Waals surface area contributed by atoms with Gasteiger partial charge in [0.05, 0.1) is 24.1 Å². The fraction of sp³-hybridized carbons (Fsp3) is 0.833. The molecule has 1 N–H and O–H groups in total. The van der Waals surface area contributed by atoms with Crippen molar-refractivity contribution in [3.05, 3.63) is 0 Å². The van der Waals surface area contributed by atoms with E-state index in [2.05, 4.69) is 6.07 Å². The van der Waals surface area contributed by atoms with Gasteiger partial charge in [-0.25, -0.2) is 4.79 Å². The van der Waals surface area contributed by atoms with Gasteiger partial charge in [-0.15, -0.1) is 0 Å². The van der Waals surface area contributed by atoms with Crippen LogP contribution in [-0.4, -0.2) is 40.4 Å². The zero-order valence-electron chi connectivity index (χ0n) is 10.4. The average molecular weight is 238 g/mol. The van der Waals surface area contributed by atoms with Gasteiger partial charge in [0, 0.05) is 12.5 Å². The molecule has 17 heavy (non-hydrogen) atoms. The highest BCUT2D eigenvalue weighted by molar-refractivity contribution is 5.69. The number of hydrogen-bond donors (Lipinski definition) is 1. The molecule has 2 fully saturated rings. The molecule has 0 aromatic heterocycles. The SMILES string of the molecule is CC(C)(C)OC(=O)N1CCC(O)C2C(C#N)C21. The number of aliphatic hydroxyl groups excluding tert-OH is 1. The lowest BCUT2D eigenvalue weighted by atomic mass is 10.1. The van der Waals surface area contributed by atoms with Gasteiger partial charge in [0.15, 0.2) is 0 Å². The van der Waals surface area contributed by atoms with E-state index in [9.17, 15) is 9.90 Å². The van der Waals surface area contributed by atoms with Crippen molar-refractivity contribution in [1.29, 1.82) is 5.26 Å². The molecular weight excluding hydrogens is 220 g/mol. The summed E-state index contributed by atoms with van der Waals surface area (Å²) in [4.78, 5) is 13.5. The summed E-state index contributed by atoms with van der Waals surface area (Å²) in [5.74, 6) is -0.318. The van der Waals surface area contributed by atoms with Gasteiger partial charge in [-0.05, 0) is 27.2 Å². The van der Waals surface area contributed by atoms with Crippen LogP contribution in [0.25, 0.3) is 0 Å². The fourth-order valence-electron chi connectivity index (χ4n) is 2.50. The molecule has 1 aliphatic carbocycles. The minimum atomic E-state index is -0.528. The highest BCUT2D eigenvalue weighted by Gasteiger charge is 2.61. The quantitative estimate of drug-likeness (QED) is 0.686. The Labute approximate surface area is 101 Å². The number of nitriles is 1. The summed E-state index contributed by atoms with van der Waals surface area (Å²) in [6.07, 6.45) is -0.307. The van der Waals surface area contributed by atoms with Crippen molar-refractivity contribution in [1.82, 2.24) is 4.90 Å². The summed E-state index contributed by atoms with van der Waals surface area (Å²) in [5, 5.41) is 18.7. The summed E-state index contributed by atoms with van der Waals surface area (Å²) in [5.41, 5.74) is -0.528. The maximum atomic E-state index is 11.9. The van der Waals surface area contributed by atoms with Gasteiger partial charge < -0.3 is 14.7 Å². The van der Waals surface area contributed by atoms with Crippen LogP contribution in [0.1, 0.15) is 27.2 Å². The number of rotatable bonds is 0. The smallest absolute Gasteiger partial charge is 0.410 e. The average Bonchev–Trinajstić information content (AvgIpc) is 2.90. The Morgan fingerprint density at radius 2 is 2.18 bits per heavy atom. The first-order chi connectivity index (χ1) is 7.85. The summed E-state index contributed by atoms with van der Waals surface area (Å²) in [6, 6.07) is 2.00. The maximum Gasteiger partial charge on any atom is 0.410 e. The van der Waals surface area contributed by atoms with Crippen LogP contribution in [0.15, 0.2) is 0 Å². The minimum Gasteiger partial charge on any atom is -0.444 e. The molecule has 0 radical (unpaired) electrons. The molecule has 2 rings (SSSR count). The number of likely N-dealkylation sites (tertiary alicyclic amines) is 1. The Balaban J connectivity index is 2.04. The number of piperidine rings is 1. The van der Waals surface area contributed by atoms with Gasteiger partial charge in [0.2, 0.25) is 0 Å². The van der Waals surface area contributed by atoms with Gasteiger partial charge in [0.25, 0.3) is 0 Å². The third-order valence-corrected chi connectivity index (χ3v) is 3.28. The van der Waals surface area contributed by atoms with Crippen LogP contribution >= 0.6 is 0 Å². The first-order valence-electron chi connectivity index (χ1n) is 5.92. The minimum absolute atomic E-state index is 0.0822. The zero-order chi connectivity index (χ0) is 12.8. The third kappa shape index (κ3) is 2.22. The fourth-order valence-corrected chi connectivity index (χ4v) is 2.50. The summed E-state index contributed by atoms with van der Waals surface area (Å²) < 4.78 is 5.30. The van der Waals surface area contributed by atoms with E-state index >= 15 is 0 Å². The summed E-state index contributed by atoms with van der Waals surface area (Å²) in [7, 11) is 0. The number of nitrogens with zero attached hydrogens (tertiary/aromatic N) is 2. The number of carbonyl (C=O) groups is 1. The number of hydrogen-bond acceptors (Lipinski definition) is 4. The Bertz CT molecular complexity index is 369. The molecule has 4 unspecified atom stereocenters. The molecule has 94 valence electrons. The number of fused-ring (bicyclic) bond motifs is 1. The molecule has 0 aromatic carbocycles. The van der Waals surface area contributed by atoms with Gasteiger partial charge in [-0.3, -0.25) is 0 Å². The molecule has 1 amide bonds. The Hall–Kier alpha value is -1.28. The number of amides is 1. The van der Waals surface area contributed by atoms with Crippen LogP contribution in [0, 0.1) is 23.2 Å². The molecule has 1 saturated carbocycles. The van der Waals surface area contributed by atoms with Crippen molar-refractivity contribution in [2.24, 2.45) is 11.8 Å². The molecule has 5 nitrogen and oxygen atoms in total. The van der Waals surface area contributed by atoms with E-state index in [1.54, 1.807) is 4.90 Å². The largest absolute Gasteiger partial charge is 0.444 e. The molecular formula is C12H18N2O3. The molecule has 1 heterocycles. The lowest BCUT2D eigenvalue weighted by Crippen LogP contribution is -2.44. The van der Waals surface area contributed by atoms with Crippen LogP contribution in [0.3, 0.4) is 0 Å². The first-order valence-corrected chi connectivity index (χ1v) is 5.92. The van der Waals surface area contributed by atoms with Crippen molar-refractivity contribution < 1.29 is 14.6 Å². The van der Waals surface area contributed by atoms with E-state index in [-0.39, 0.29) is 24.0 Å². The molecule has 1 saturated heterocycles. The highest BCUT2D eigenvalue weighted by atomic mass is 16.6. The molecule has 4 atom stereocenters. The van der Waals surface area contributed by atoms with Crippen LogP contribution in [-0.2, 0) is 4.74 Å². The second-order valence-electron chi connectivity index (χ2n) is 5.75. The van der Waals surface area contributed by atoms with Crippen molar-refractivity contribution >= 4 is 6.09 Å². The maximum absolute atomic E-state index is 11.9. The number of aliphatic hydroxyl groups is 1. The standard InChI is InChI=1S/C12H18N2O3/c1-12(2,3)17-11(16)14-5-4-8(15)9-7(6-13)10(9)14/h7-10,15H,4-5H2,1-3H3. The van der Waals surface area contributed by atoms with Crippen LogP contribution < -0.4 is 0 Å². The van der Waals surface area contributed by atoms with E-state index in [4.69, 9.17) is 10.00 Å². The Morgan fingerprint density at radius 1 is 1.53 bits per heavy atom. The Kier molecular flexibility index (Phi) is 2.78. The summed E-state index contributed by atoms with van der Waals surface area (Å²) >= 11 is 0. The van der Waals surface area contributed by atoms with Gasteiger partial charge >= 0.3 is 6.09 Å². The van der Waals surface area contributed by atoms with E-state index in [0.29, 0.717) is 13.0 Å². The molecule has 5 heteroatoms. The molecule has 2 aliphatic rings. The monoisotopic (exact) mass is 238 g/mol. The van der Waals surface area contributed by atoms with Crippen LogP contribution in [0.4, 0.5) is 4.79 Å². The van der Waals surface area contributed by atoms with Crippen molar-refractivity contribution in [3.63, 3.8) is 0 Å². The predicted octanol–water partition coefficient (Wildman–Crippen LogP) is 1.13. The normalized spacial score (nSPS) is 35.8. The van der Waals surface area contributed by atoms with E-state index < -0.39 is 11.7 Å². The third-order valence-electron chi connectivity index (χ3n) is 3.28. The predicted molar refractivity (Wildman–Crippen MR) is 59.9 cm³/mol. The zero-order valence-corrected chi connectivity index (χ0v) is 10.4. The van der Waals surface area contributed by atoms with Crippen molar-refractivity contribution in [2.75, 3.05) is 6.54 Å². The van der Waals surface area contributed by atoms with Crippen molar-refractivity contribution in [2.45, 2.75) is 44.9 Å². The van der Waals surface area contributed by atoms with Gasteiger partial charge in [-0.2, -0.15) is 5.26 Å². The topological polar surface area (TPSA) is 73.6 Å². The van der Waals surface area contributed by atoms with Crippen LogP contribution in [0.2, 0.25) is 0 Å². The van der Waals surface area contributed by atoms with E-state index in [0.717, 1.165) is 0 Å². The lowest BCUT2D eigenvalue weighted by Gasteiger charge is -2.31. The molecule has 0 spiro atoms. The van der Waals surface area contributed by atoms with Gasteiger partial charge in [0.1, 0.15) is 5.60 Å². The highest BCUT2D eigenvalue weighted by Crippen LogP contribution is 2.49. The van der Waals surface area contributed by atoms with Crippen LogP contribution in [0.5, 0.6) is 0 Å². The van der Waals surface area contributed by atoms with E-state index in [1.165, 1.54) is 0 Å². The molecule has 0 aromatic rings. The first kappa shape index (κ1) is 12.2. The molecule has 1 aliphatic heterocycles. The summed E-state index contributed by atoms with van der Waals surface area (Å²) in [6.45, 7) is 5.91. The van der Waals surface area contributed by atoms with Crippen molar-refractivity contribution in [3.8, 4) is 6.07 Å². The van der Waals surface area contributed by atoms with E-state index in [1.807, 2.05) is 20.8 Å². The number of ether oxygens (including phenoxy) is 1.